The molecular formula is C23H23N5O2. The highest BCUT2D eigenvalue weighted by Gasteiger charge is 2.23. The van der Waals surface area contributed by atoms with Crippen LogP contribution in [0.2, 0.25) is 0 Å². The molecule has 1 amide bonds. The Labute approximate surface area is 174 Å². The molecule has 2 heterocycles. The second-order valence-electron chi connectivity index (χ2n) is 7.18. The maximum absolute atomic E-state index is 13.1. The van der Waals surface area contributed by atoms with Crippen molar-refractivity contribution in [2.45, 2.75) is 20.8 Å². The summed E-state index contributed by atoms with van der Waals surface area (Å²) in [7, 11) is 1.79. The van der Waals surface area contributed by atoms with Crippen LogP contribution in [0.1, 0.15) is 27.4 Å². The number of carbonyl (C=O) groups excluding carboxylic acids is 1. The van der Waals surface area contributed by atoms with Gasteiger partial charge in [0.15, 0.2) is 0 Å². The molecule has 0 aliphatic heterocycles. The fourth-order valence-electron chi connectivity index (χ4n) is 3.68. The fraction of sp³-hybridized carbons (Fsp3) is 0.174. The number of amides is 1. The van der Waals surface area contributed by atoms with Gasteiger partial charge in [0.1, 0.15) is 5.69 Å². The van der Waals surface area contributed by atoms with Crippen LogP contribution in [0.4, 0.5) is 5.69 Å². The monoisotopic (exact) mass is 401 g/mol. The van der Waals surface area contributed by atoms with Crippen LogP contribution in [-0.2, 0) is 7.05 Å². The van der Waals surface area contributed by atoms with Gasteiger partial charge in [-0.2, -0.15) is 5.10 Å². The molecule has 0 aliphatic rings. The summed E-state index contributed by atoms with van der Waals surface area (Å²) in [5, 5.41) is 7.35. The molecule has 0 unspecified atom stereocenters. The van der Waals surface area contributed by atoms with Crippen molar-refractivity contribution in [3.05, 3.63) is 93.7 Å². The van der Waals surface area contributed by atoms with Crippen molar-refractivity contribution in [1.82, 2.24) is 19.1 Å². The van der Waals surface area contributed by atoms with Crippen LogP contribution in [0.3, 0.4) is 0 Å². The molecule has 4 rings (SSSR count). The summed E-state index contributed by atoms with van der Waals surface area (Å²) in [5.74, 6) is -0.349. The largest absolute Gasteiger partial charge is 0.316 e. The van der Waals surface area contributed by atoms with Gasteiger partial charge in [0.05, 0.1) is 34.0 Å². The standard InChI is InChI=1S/C23H23N5O2/c1-15-20(16(2)27(25-15)18-11-7-5-8-12-18)22(29)24-21-17(3)26(4)28(23(21)30)19-13-9-6-10-14-19/h5-14H,1-4H3,(H,24,29). The number of benzene rings is 2. The van der Waals surface area contributed by atoms with E-state index >= 15 is 0 Å². The highest BCUT2D eigenvalue weighted by Crippen LogP contribution is 2.20. The van der Waals surface area contributed by atoms with Crippen molar-refractivity contribution in [2.24, 2.45) is 7.05 Å². The number of aryl methyl sites for hydroxylation is 1. The first kappa shape index (κ1) is 19.4. The maximum Gasteiger partial charge on any atom is 0.295 e. The van der Waals surface area contributed by atoms with Crippen LogP contribution in [-0.4, -0.2) is 25.1 Å². The van der Waals surface area contributed by atoms with E-state index < -0.39 is 0 Å². The quantitative estimate of drug-likeness (QED) is 0.568. The van der Waals surface area contributed by atoms with Gasteiger partial charge in [0.25, 0.3) is 11.5 Å². The van der Waals surface area contributed by atoms with Gasteiger partial charge < -0.3 is 5.32 Å². The van der Waals surface area contributed by atoms with Gasteiger partial charge in [-0.3, -0.25) is 14.3 Å². The molecule has 152 valence electrons. The number of hydrogen-bond acceptors (Lipinski definition) is 3. The van der Waals surface area contributed by atoms with Gasteiger partial charge in [-0.1, -0.05) is 36.4 Å². The van der Waals surface area contributed by atoms with Crippen molar-refractivity contribution in [3.63, 3.8) is 0 Å². The predicted molar refractivity (Wildman–Crippen MR) is 117 cm³/mol. The number of para-hydroxylation sites is 2. The molecule has 7 nitrogen and oxygen atoms in total. The normalized spacial score (nSPS) is 10.9. The van der Waals surface area contributed by atoms with Gasteiger partial charge in [-0.15, -0.1) is 0 Å². The van der Waals surface area contributed by atoms with Crippen LogP contribution < -0.4 is 10.9 Å². The summed E-state index contributed by atoms with van der Waals surface area (Å²) in [6, 6.07) is 19.0. The molecule has 0 spiro atoms. The average Bonchev–Trinajstić information content (AvgIpc) is 3.16. The SMILES string of the molecule is Cc1nn(-c2ccccc2)c(C)c1C(=O)Nc1c(C)n(C)n(-c2ccccc2)c1=O. The molecule has 2 aromatic heterocycles. The van der Waals surface area contributed by atoms with Gasteiger partial charge in [0.2, 0.25) is 0 Å². The van der Waals surface area contributed by atoms with Crippen molar-refractivity contribution in [1.29, 1.82) is 0 Å². The van der Waals surface area contributed by atoms with Gasteiger partial charge in [0, 0.05) is 7.05 Å². The molecule has 0 bridgehead atoms. The highest BCUT2D eigenvalue weighted by atomic mass is 16.2. The lowest BCUT2D eigenvalue weighted by Crippen LogP contribution is -2.23. The summed E-state index contributed by atoms with van der Waals surface area (Å²) in [6.45, 7) is 5.45. The Balaban J connectivity index is 1.73. The van der Waals surface area contributed by atoms with Crippen LogP contribution >= 0.6 is 0 Å². The lowest BCUT2D eigenvalue weighted by molar-refractivity contribution is 0.102. The van der Waals surface area contributed by atoms with E-state index in [0.717, 1.165) is 11.4 Å². The molecule has 0 fully saturated rings. The average molecular weight is 401 g/mol. The molecular weight excluding hydrogens is 378 g/mol. The summed E-state index contributed by atoms with van der Waals surface area (Å²) >= 11 is 0. The summed E-state index contributed by atoms with van der Waals surface area (Å²) in [4.78, 5) is 26.2. The zero-order valence-corrected chi connectivity index (χ0v) is 17.4. The second kappa shape index (κ2) is 7.51. The number of hydrogen-bond donors (Lipinski definition) is 1. The lowest BCUT2D eigenvalue weighted by atomic mass is 10.1. The van der Waals surface area contributed by atoms with Crippen LogP contribution in [0.25, 0.3) is 11.4 Å². The highest BCUT2D eigenvalue weighted by molar-refractivity contribution is 6.06. The number of rotatable bonds is 4. The molecule has 0 saturated heterocycles. The Bertz CT molecular complexity index is 1280. The van der Waals surface area contributed by atoms with Crippen molar-refractivity contribution in [3.8, 4) is 11.4 Å². The topological polar surface area (TPSA) is 73.8 Å². The van der Waals surface area contributed by atoms with E-state index in [4.69, 9.17) is 0 Å². The molecule has 0 radical (unpaired) electrons. The minimum absolute atomic E-state index is 0.262. The van der Waals surface area contributed by atoms with Crippen molar-refractivity contribution >= 4 is 11.6 Å². The van der Waals surface area contributed by atoms with E-state index in [1.165, 1.54) is 4.68 Å². The smallest absolute Gasteiger partial charge is 0.295 e. The first-order valence-corrected chi connectivity index (χ1v) is 9.67. The van der Waals surface area contributed by atoms with Crippen LogP contribution in [0, 0.1) is 20.8 Å². The number of anilines is 1. The minimum atomic E-state index is -0.349. The Morgan fingerprint density at radius 2 is 1.43 bits per heavy atom. The maximum atomic E-state index is 13.1. The zero-order valence-electron chi connectivity index (χ0n) is 17.4. The molecule has 7 heteroatoms. The van der Waals surface area contributed by atoms with Gasteiger partial charge >= 0.3 is 0 Å². The Kier molecular flexibility index (Phi) is 4.87. The number of nitrogens with zero attached hydrogens (tertiary/aromatic N) is 4. The summed E-state index contributed by atoms with van der Waals surface area (Å²) < 4.78 is 5.02. The molecule has 0 aliphatic carbocycles. The van der Waals surface area contributed by atoms with Crippen molar-refractivity contribution < 1.29 is 4.79 Å². The van der Waals surface area contributed by atoms with Crippen molar-refractivity contribution in [2.75, 3.05) is 5.32 Å². The third-order valence-electron chi connectivity index (χ3n) is 5.31. The fourth-order valence-corrected chi connectivity index (χ4v) is 3.68. The van der Waals surface area contributed by atoms with E-state index in [1.807, 2.05) is 74.5 Å². The van der Waals surface area contributed by atoms with E-state index in [-0.39, 0.29) is 17.2 Å². The molecule has 0 saturated carbocycles. The number of nitrogens with one attached hydrogen (secondary N) is 1. The molecule has 1 N–H and O–H groups in total. The Hall–Kier alpha value is -3.87. The van der Waals surface area contributed by atoms with E-state index in [9.17, 15) is 9.59 Å². The third-order valence-corrected chi connectivity index (χ3v) is 5.31. The lowest BCUT2D eigenvalue weighted by Gasteiger charge is -2.07. The first-order chi connectivity index (χ1) is 14.4. The third kappa shape index (κ3) is 3.14. The minimum Gasteiger partial charge on any atom is -0.316 e. The Morgan fingerprint density at radius 3 is 2.03 bits per heavy atom. The molecule has 2 aromatic carbocycles. The number of carbonyl (C=O) groups is 1. The molecule has 30 heavy (non-hydrogen) atoms. The predicted octanol–water partition coefficient (Wildman–Crippen LogP) is 3.54. The number of aromatic nitrogens is 4. The van der Waals surface area contributed by atoms with E-state index in [1.54, 1.807) is 23.3 Å². The first-order valence-electron chi connectivity index (χ1n) is 9.67. The van der Waals surface area contributed by atoms with Crippen LogP contribution in [0.15, 0.2) is 65.5 Å². The summed E-state index contributed by atoms with van der Waals surface area (Å²) in [5.41, 5.74) is 4.05. The van der Waals surface area contributed by atoms with E-state index in [2.05, 4.69) is 10.4 Å². The molecule has 0 atom stereocenters. The Morgan fingerprint density at radius 1 is 0.867 bits per heavy atom. The zero-order chi connectivity index (χ0) is 21.4. The van der Waals surface area contributed by atoms with Gasteiger partial charge in [-0.25, -0.2) is 9.36 Å². The second-order valence-corrected chi connectivity index (χ2v) is 7.18. The van der Waals surface area contributed by atoms with E-state index in [0.29, 0.717) is 22.6 Å². The van der Waals surface area contributed by atoms with Crippen LogP contribution in [0.5, 0.6) is 0 Å². The summed E-state index contributed by atoms with van der Waals surface area (Å²) in [6.07, 6.45) is 0. The molecule has 4 aromatic rings. The van der Waals surface area contributed by atoms with Gasteiger partial charge in [-0.05, 0) is 45.0 Å².